The number of anilines is 1. The first-order chi connectivity index (χ1) is 13.6. The van der Waals surface area contributed by atoms with Crippen molar-refractivity contribution < 1.29 is 19.1 Å². The zero-order chi connectivity index (χ0) is 20.1. The van der Waals surface area contributed by atoms with Crippen LogP contribution in [0.2, 0.25) is 0 Å². The number of thioether (sulfide) groups is 1. The predicted molar refractivity (Wildman–Crippen MR) is 110 cm³/mol. The average molecular weight is 405 g/mol. The van der Waals surface area contributed by atoms with Gasteiger partial charge in [-0.25, -0.2) is 0 Å². The van der Waals surface area contributed by atoms with Crippen molar-refractivity contribution in [3.8, 4) is 5.75 Å². The number of para-hydroxylation sites is 2. The van der Waals surface area contributed by atoms with Crippen LogP contribution >= 0.6 is 11.8 Å². The molecule has 0 radical (unpaired) electrons. The fraction of sp³-hybridized carbons (Fsp3) is 0.571. The van der Waals surface area contributed by atoms with Gasteiger partial charge in [-0.15, -0.1) is 0 Å². The maximum atomic E-state index is 13.1. The lowest BCUT2D eigenvalue weighted by Crippen LogP contribution is -2.48. The van der Waals surface area contributed by atoms with Crippen molar-refractivity contribution in [3.05, 3.63) is 24.3 Å². The summed E-state index contributed by atoms with van der Waals surface area (Å²) in [5, 5.41) is 2.88. The normalized spacial score (nSPS) is 22.7. The van der Waals surface area contributed by atoms with E-state index in [1.54, 1.807) is 23.9 Å². The van der Waals surface area contributed by atoms with Gasteiger partial charge in [0.1, 0.15) is 11.8 Å². The number of amides is 3. The van der Waals surface area contributed by atoms with Gasteiger partial charge in [0.2, 0.25) is 17.7 Å². The molecule has 152 valence electrons. The number of carbonyl (C=O) groups is 3. The third kappa shape index (κ3) is 4.19. The molecule has 0 bridgehead atoms. The van der Waals surface area contributed by atoms with E-state index in [-0.39, 0.29) is 29.6 Å². The molecule has 3 atom stereocenters. The number of benzene rings is 1. The number of ether oxygens (including phenoxy) is 1. The van der Waals surface area contributed by atoms with Crippen molar-refractivity contribution in [2.45, 2.75) is 45.1 Å². The van der Waals surface area contributed by atoms with E-state index >= 15 is 0 Å². The van der Waals surface area contributed by atoms with Gasteiger partial charge in [-0.3, -0.25) is 19.3 Å². The largest absolute Gasteiger partial charge is 0.492 e. The lowest BCUT2D eigenvalue weighted by molar-refractivity contribution is -0.146. The number of imide groups is 1. The van der Waals surface area contributed by atoms with Crippen LogP contribution in [-0.4, -0.2) is 47.3 Å². The molecule has 0 aromatic heterocycles. The molecule has 1 heterocycles. The van der Waals surface area contributed by atoms with Gasteiger partial charge in [-0.2, -0.15) is 11.8 Å². The number of hydrogen-bond acceptors (Lipinski definition) is 5. The lowest BCUT2D eigenvalue weighted by atomic mass is 9.81. The Hall–Kier alpha value is -2.02. The molecule has 7 heteroatoms. The van der Waals surface area contributed by atoms with Crippen LogP contribution in [0.3, 0.4) is 0 Å². The van der Waals surface area contributed by atoms with Gasteiger partial charge in [0.05, 0.1) is 24.1 Å². The Morgan fingerprint density at radius 3 is 2.46 bits per heavy atom. The van der Waals surface area contributed by atoms with E-state index in [2.05, 4.69) is 5.32 Å². The van der Waals surface area contributed by atoms with Crippen molar-refractivity contribution in [3.63, 3.8) is 0 Å². The quantitative estimate of drug-likeness (QED) is 0.673. The summed E-state index contributed by atoms with van der Waals surface area (Å²) in [6.45, 7) is 2.36. The van der Waals surface area contributed by atoms with Gasteiger partial charge in [0, 0.05) is 0 Å². The molecule has 28 heavy (non-hydrogen) atoms. The molecule has 6 nitrogen and oxygen atoms in total. The first-order valence-electron chi connectivity index (χ1n) is 9.97. The highest BCUT2D eigenvalue weighted by Crippen LogP contribution is 2.39. The molecule has 1 aromatic rings. The second-order valence-electron chi connectivity index (χ2n) is 7.26. The molecule has 0 spiro atoms. The van der Waals surface area contributed by atoms with Crippen LogP contribution in [-0.2, 0) is 14.4 Å². The zero-order valence-electron chi connectivity index (χ0n) is 16.5. The molecule has 2 fully saturated rings. The summed E-state index contributed by atoms with van der Waals surface area (Å²) in [7, 11) is 0. The SMILES string of the molecule is CCOc1ccccc1NC(=O)C(CCSC)N1C(=O)C2CCCCC2C1=O. The fourth-order valence-electron chi connectivity index (χ4n) is 4.17. The van der Waals surface area contributed by atoms with Gasteiger partial charge in [-0.1, -0.05) is 25.0 Å². The highest BCUT2D eigenvalue weighted by Gasteiger charge is 2.51. The minimum absolute atomic E-state index is 0.172. The smallest absolute Gasteiger partial charge is 0.247 e. The summed E-state index contributed by atoms with van der Waals surface area (Å²) in [6, 6.07) is 6.42. The van der Waals surface area contributed by atoms with Gasteiger partial charge in [-0.05, 0) is 50.3 Å². The Kier molecular flexibility index (Phi) is 6.99. The minimum Gasteiger partial charge on any atom is -0.492 e. The van der Waals surface area contributed by atoms with Gasteiger partial charge in [0.15, 0.2) is 0 Å². The number of rotatable bonds is 8. The molecule has 1 aromatic carbocycles. The van der Waals surface area contributed by atoms with Crippen LogP contribution in [0.15, 0.2) is 24.3 Å². The number of nitrogens with zero attached hydrogens (tertiary/aromatic N) is 1. The first kappa shape index (κ1) is 20.7. The first-order valence-corrected chi connectivity index (χ1v) is 11.4. The van der Waals surface area contributed by atoms with Crippen molar-refractivity contribution in [1.82, 2.24) is 4.90 Å². The maximum Gasteiger partial charge on any atom is 0.247 e. The molecule has 3 amide bonds. The van der Waals surface area contributed by atoms with Gasteiger partial charge < -0.3 is 10.1 Å². The van der Waals surface area contributed by atoms with Gasteiger partial charge >= 0.3 is 0 Å². The van der Waals surface area contributed by atoms with E-state index in [1.165, 1.54) is 4.90 Å². The minimum atomic E-state index is -0.785. The summed E-state index contributed by atoms with van der Waals surface area (Å²) in [6.07, 6.45) is 5.83. The van der Waals surface area contributed by atoms with Crippen LogP contribution in [0.4, 0.5) is 5.69 Å². The molecular weight excluding hydrogens is 376 g/mol. The Morgan fingerprint density at radius 2 is 1.86 bits per heavy atom. The van der Waals surface area contributed by atoms with E-state index in [0.29, 0.717) is 30.2 Å². The molecule has 3 unspecified atom stereocenters. The summed E-state index contributed by atoms with van der Waals surface area (Å²) >= 11 is 1.60. The standard InChI is InChI=1S/C21H28N2O4S/c1-3-27-18-11-7-6-10-16(18)22-19(24)17(12-13-28-2)23-20(25)14-8-4-5-9-15(14)21(23)26/h6-7,10-11,14-15,17H,3-5,8-9,12-13H2,1-2H3,(H,22,24). The second kappa shape index (κ2) is 9.45. The topological polar surface area (TPSA) is 75.7 Å². The molecule has 3 rings (SSSR count). The third-order valence-electron chi connectivity index (χ3n) is 5.53. The van der Waals surface area contributed by atoms with E-state index in [1.807, 2.05) is 25.3 Å². The van der Waals surface area contributed by atoms with Crippen LogP contribution in [0.5, 0.6) is 5.75 Å². The highest BCUT2D eigenvalue weighted by molar-refractivity contribution is 7.98. The monoisotopic (exact) mass is 404 g/mol. The second-order valence-corrected chi connectivity index (χ2v) is 8.25. The van der Waals surface area contributed by atoms with Crippen LogP contribution in [0.25, 0.3) is 0 Å². The van der Waals surface area contributed by atoms with Crippen LogP contribution in [0.1, 0.15) is 39.0 Å². The average Bonchev–Trinajstić information content (AvgIpc) is 2.95. The Morgan fingerprint density at radius 1 is 1.21 bits per heavy atom. The number of carbonyl (C=O) groups excluding carboxylic acids is 3. The summed E-state index contributed by atoms with van der Waals surface area (Å²) in [4.78, 5) is 40.3. The van der Waals surface area contributed by atoms with Crippen molar-refractivity contribution in [2.75, 3.05) is 23.9 Å². The molecule has 1 saturated carbocycles. The molecule has 1 aliphatic carbocycles. The van der Waals surface area contributed by atoms with Crippen molar-refractivity contribution in [2.24, 2.45) is 11.8 Å². The van der Waals surface area contributed by atoms with Crippen LogP contribution in [0, 0.1) is 11.8 Å². The third-order valence-corrected chi connectivity index (χ3v) is 6.17. The number of nitrogens with one attached hydrogen (secondary N) is 1. The number of likely N-dealkylation sites (tertiary alicyclic amines) is 1. The number of hydrogen-bond donors (Lipinski definition) is 1. The van der Waals surface area contributed by atoms with Gasteiger partial charge in [0.25, 0.3) is 0 Å². The Labute approximate surface area is 170 Å². The van der Waals surface area contributed by atoms with E-state index in [9.17, 15) is 14.4 Å². The Balaban J connectivity index is 1.83. The van der Waals surface area contributed by atoms with Crippen molar-refractivity contribution in [1.29, 1.82) is 0 Å². The molecule has 1 aliphatic heterocycles. The van der Waals surface area contributed by atoms with Crippen molar-refractivity contribution >= 4 is 35.2 Å². The maximum absolute atomic E-state index is 13.1. The number of fused-ring (bicyclic) bond motifs is 1. The molecular formula is C21H28N2O4S. The summed E-state index contributed by atoms with van der Waals surface area (Å²) in [5.41, 5.74) is 0.556. The fourth-order valence-corrected chi connectivity index (χ4v) is 4.63. The summed E-state index contributed by atoms with van der Waals surface area (Å²) in [5.74, 6) is 0.0971. The molecule has 1 N–H and O–H groups in total. The van der Waals surface area contributed by atoms with E-state index < -0.39 is 6.04 Å². The zero-order valence-corrected chi connectivity index (χ0v) is 17.3. The summed E-state index contributed by atoms with van der Waals surface area (Å²) < 4.78 is 5.58. The highest BCUT2D eigenvalue weighted by atomic mass is 32.2. The molecule has 1 saturated heterocycles. The Bertz CT molecular complexity index is 715. The molecule has 2 aliphatic rings. The predicted octanol–water partition coefficient (Wildman–Crippen LogP) is 3.32. The van der Waals surface area contributed by atoms with E-state index in [0.717, 1.165) is 25.7 Å². The van der Waals surface area contributed by atoms with E-state index in [4.69, 9.17) is 4.74 Å². The van der Waals surface area contributed by atoms with Crippen LogP contribution < -0.4 is 10.1 Å². The lowest BCUT2D eigenvalue weighted by Gasteiger charge is -2.26.